The number of nitrogens with zero attached hydrogens (tertiary/aromatic N) is 1. The lowest BCUT2D eigenvalue weighted by Crippen LogP contribution is -2.42. The molecule has 1 N–H and O–H groups in total. The zero-order valence-corrected chi connectivity index (χ0v) is 16.9. The van der Waals surface area contributed by atoms with Crippen LogP contribution < -0.4 is 0 Å². The van der Waals surface area contributed by atoms with Crippen LogP contribution in [0.5, 0.6) is 5.75 Å². The van der Waals surface area contributed by atoms with Gasteiger partial charge in [-0.05, 0) is 97.2 Å². The second-order valence-electron chi connectivity index (χ2n) is 9.56. The molecule has 0 saturated heterocycles. The molecule has 3 aliphatic rings. The van der Waals surface area contributed by atoms with Crippen molar-refractivity contribution in [3.8, 4) is 11.8 Å². The lowest BCUT2D eigenvalue weighted by molar-refractivity contribution is -0.131. The molecule has 5 atom stereocenters. The second kappa shape index (κ2) is 6.73. The predicted molar refractivity (Wildman–Crippen MR) is 111 cm³/mol. The van der Waals surface area contributed by atoms with E-state index >= 15 is 0 Å². The molecule has 0 bridgehead atoms. The molecule has 0 aromatic heterocycles. The minimum atomic E-state index is -0.188. The van der Waals surface area contributed by atoms with Crippen molar-refractivity contribution < 1.29 is 9.90 Å². The Morgan fingerprint density at radius 1 is 1.17 bits per heavy atom. The summed E-state index contributed by atoms with van der Waals surface area (Å²) in [6, 6.07) is 15.8. The molecule has 5 rings (SSSR count). The van der Waals surface area contributed by atoms with Gasteiger partial charge in [0, 0.05) is 11.3 Å². The van der Waals surface area contributed by atoms with Crippen LogP contribution in [0, 0.1) is 34.5 Å². The van der Waals surface area contributed by atoms with E-state index in [1.807, 2.05) is 36.4 Å². The van der Waals surface area contributed by atoms with Crippen LogP contribution in [0.2, 0.25) is 0 Å². The van der Waals surface area contributed by atoms with Gasteiger partial charge in [-0.2, -0.15) is 5.26 Å². The van der Waals surface area contributed by atoms with Crippen molar-refractivity contribution in [2.45, 2.75) is 51.4 Å². The first-order chi connectivity index (χ1) is 14.0. The summed E-state index contributed by atoms with van der Waals surface area (Å²) < 4.78 is 0. The molecule has 5 unspecified atom stereocenters. The van der Waals surface area contributed by atoms with Crippen molar-refractivity contribution >= 4 is 5.78 Å². The highest BCUT2D eigenvalue weighted by Gasteiger charge is 2.57. The monoisotopic (exact) mass is 385 g/mol. The summed E-state index contributed by atoms with van der Waals surface area (Å²) in [4.78, 5) is 13.5. The van der Waals surface area contributed by atoms with Gasteiger partial charge in [-0.1, -0.05) is 25.1 Å². The van der Waals surface area contributed by atoms with E-state index < -0.39 is 0 Å². The van der Waals surface area contributed by atoms with Gasteiger partial charge in [0.05, 0.1) is 11.6 Å². The van der Waals surface area contributed by atoms with Crippen LogP contribution in [0.15, 0.2) is 42.5 Å². The van der Waals surface area contributed by atoms with Gasteiger partial charge in [0.2, 0.25) is 0 Å². The molecule has 0 amide bonds. The normalized spacial score (nSPS) is 32.8. The molecule has 2 aromatic carbocycles. The molecule has 2 aromatic rings. The summed E-state index contributed by atoms with van der Waals surface area (Å²) in [5.41, 5.74) is 4.34. The number of carbonyl (C=O) groups is 1. The SMILES string of the molecule is CC12CCC3c4ccc(O)cc4CCC3C1CC(Cc1ccc(C#N)cc1)C2=O. The van der Waals surface area contributed by atoms with E-state index in [4.69, 9.17) is 5.26 Å². The van der Waals surface area contributed by atoms with Gasteiger partial charge in [-0.3, -0.25) is 4.79 Å². The molecule has 0 aliphatic heterocycles. The number of fused-ring (bicyclic) bond motifs is 5. The Balaban J connectivity index is 1.40. The zero-order valence-electron chi connectivity index (χ0n) is 16.9. The molecule has 2 fully saturated rings. The van der Waals surface area contributed by atoms with E-state index in [1.165, 1.54) is 11.1 Å². The molecule has 2 saturated carbocycles. The van der Waals surface area contributed by atoms with Crippen molar-refractivity contribution in [1.29, 1.82) is 5.26 Å². The Morgan fingerprint density at radius 3 is 2.72 bits per heavy atom. The number of Topliss-reactive ketones (excluding diaryl/α,β-unsaturated/α-hetero) is 1. The Hall–Kier alpha value is -2.60. The Morgan fingerprint density at radius 2 is 1.97 bits per heavy atom. The van der Waals surface area contributed by atoms with Crippen molar-refractivity contribution in [3.05, 3.63) is 64.7 Å². The topological polar surface area (TPSA) is 61.1 Å². The first-order valence-electron chi connectivity index (χ1n) is 10.8. The molecule has 148 valence electrons. The van der Waals surface area contributed by atoms with Crippen LogP contribution in [0.1, 0.15) is 60.8 Å². The number of hydrogen-bond acceptors (Lipinski definition) is 3. The molecular formula is C26H27NO2. The molecular weight excluding hydrogens is 358 g/mol. The Kier molecular flexibility index (Phi) is 4.28. The Labute approximate surface area is 172 Å². The van der Waals surface area contributed by atoms with Crippen LogP contribution >= 0.6 is 0 Å². The largest absolute Gasteiger partial charge is 0.508 e. The van der Waals surface area contributed by atoms with E-state index in [9.17, 15) is 9.90 Å². The Bertz CT molecular complexity index is 1000. The van der Waals surface area contributed by atoms with Crippen molar-refractivity contribution in [1.82, 2.24) is 0 Å². The predicted octanol–water partition coefficient (Wildman–Crippen LogP) is 5.16. The molecule has 0 spiro atoms. The number of rotatable bonds is 2. The minimum Gasteiger partial charge on any atom is -0.508 e. The average molecular weight is 386 g/mol. The molecule has 3 heteroatoms. The first-order valence-corrected chi connectivity index (χ1v) is 10.8. The number of hydrogen-bond donors (Lipinski definition) is 1. The summed E-state index contributed by atoms with van der Waals surface area (Å²) in [5, 5.41) is 18.9. The summed E-state index contributed by atoms with van der Waals surface area (Å²) in [6.07, 6.45) is 5.96. The zero-order chi connectivity index (χ0) is 20.2. The first kappa shape index (κ1) is 18.4. The number of benzene rings is 2. The number of aromatic hydroxyl groups is 1. The maximum atomic E-state index is 13.5. The van der Waals surface area contributed by atoms with E-state index in [0.29, 0.717) is 34.8 Å². The highest BCUT2D eigenvalue weighted by Crippen LogP contribution is 2.61. The highest BCUT2D eigenvalue weighted by atomic mass is 16.3. The van der Waals surface area contributed by atoms with Crippen molar-refractivity contribution in [2.75, 3.05) is 0 Å². The standard InChI is InChI=1S/C26H27NO2/c1-26-11-10-22-21-9-7-20(28)13-18(21)6-8-23(22)24(26)14-19(25(26)29)12-16-2-4-17(15-27)5-3-16/h2-5,7,9,13,19,22-24,28H,6,8,10-12,14H2,1H3. The maximum absolute atomic E-state index is 13.5. The molecule has 3 nitrogen and oxygen atoms in total. The number of ketones is 1. The number of carbonyl (C=O) groups excluding carboxylic acids is 1. The summed E-state index contributed by atoms with van der Waals surface area (Å²) >= 11 is 0. The van der Waals surface area contributed by atoms with E-state index in [2.05, 4.69) is 19.1 Å². The maximum Gasteiger partial charge on any atom is 0.142 e. The number of phenolic OH excluding ortho intramolecular Hbond substituents is 1. The third-order valence-electron chi connectivity index (χ3n) is 8.14. The van der Waals surface area contributed by atoms with Crippen LogP contribution in [-0.2, 0) is 17.6 Å². The fraction of sp³-hybridized carbons (Fsp3) is 0.462. The van der Waals surface area contributed by atoms with E-state index in [1.54, 1.807) is 0 Å². The summed E-state index contributed by atoms with van der Waals surface area (Å²) in [5.74, 6) is 2.47. The minimum absolute atomic E-state index is 0.0953. The van der Waals surface area contributed by atoms with Crippen LogP contribution in [0.25, 0.3) is 0 Å². The number of phenols is 1. The van der Waals surface area contributed by atoms with Crippen LogP contribution in [0.4, 0.5) is 0 Å². The van der Waals surface area contributed by atoms with Gasteiger partial charge in [0.15, 0.2) is 0 Å². The van der Waals surface area contributed by atoms with E-state index in [-0.39, 0.29) is 11.3 Å². The van der Waals surface area contributed by atoms with Gasteiger partial charge in [-0.15, -0.1) is 0 Å². The van der Waals surface area contributed by atoms with Gasteiger partial charge < -0.3 is 5.11 Å². The van der Waals surface area contributed by atoms with Crippen LogP contribution in [-0.4, -0.2) is 10.9 Å². The van der Waals surface area contributed by atoms with Gasteiger partial charge in [0.25, 0.3) is 0 Å². The van der Waals surface area contributed by atoms with Gasteiger partial charge in [-0.25, -0.2) is 0 Å². The van der Waals surface area contributed by atoms with E-state index in [0.717, 1.165) is 44.1 Å². The third kappa shape index (κ3) is 2.89. The lowest BCUT2D eigenvalue weighted by Gasteiger charge is -2.48. The quantitative estimate of drug-likeness (QED) is 0.777. The average Bonchev–Trinajstić information content (AvgIpc) is 2.99. The smallest absolute Gasteiger partial charge is 0.142 e. The number of aryl methyl sites for hydroxylation is 1. The highest BCUT2D eigenvalue weighted by molar-refractivity contribution is 5.89. The van der Waals surface area contributed by atoms with Crippen LogP contribution in [0.3, 0.4) is 0 Å². The molecule has 0 radical (unpaired) electrons. The lowest BCUT2D eigenvalue weighted by atomic mass is 9.55. The molecule has 29 heavy (non-hydrogen) atoms. The van der Waals surface area contributed by atoms with Gasteiger partial charge >= 0.3 is 0 Å². The fourth-order valence-electron chi connectivity index (χ4n) is 6.69. The molecule has 0 heterocycles. The third-order valence-corrected chi connectivity index (χ3v) is 8.14. The fourth-order valence-corrected chi connectivity index (χ4v) is 6.69. The second-order valence-corrected chi connectivity index (χ2v) is 9.56. The molecule has 3 aliphatic carbocycles. The van der Waals surface area contributed by atoms with Crippen molar-refractivity contribution in [3.63, 3.8) is 0 Å². The summed E-state index contributed by atoms with van der Waals surface area (Å²) in [7, 11) is 0. The number of nitriles is 1. The van der Waals surface area contributed by atoms with Crippen molar-refractivity contribution in [2.24, 2.45) is 23.2 Å². The van der Waals surface area contributed by atoms with Gasteiger partial charge in [0.1, 0.15) is 11.5 Å². The summed E-state index contributed by atoms with van der Waals surface area (Å²) in [6.45, 7) is 2.22.